The monoisotopic (exact) mass is 255 g/mol. The van der Waals surface area contributed by atoms with Crippen molar-refractivity contribution in [1.82, 2.24) is 0 Å². The van der Waals surface area contributed by atoms with E-state index in [-0.39, 0.29) is 0 Å². The van der Waals surface area contributed by atoms with E-state index in [0.717, 1.165) is 16.1 Å². The van der Waals surface area contributed by atoms with E-state index in [9.17, 15) is 5.26 Å². The zero-order chi connectivity index (χ0) is 13.0. The molecule has 0 amide bonds. The summed E-state index contributed by atoms with van der Waals surface area (Å²) in [5, 5.41) is 10.2. The topological polar surface area (TPSA) is 23.8 Å². The van der Waals surface area contributed by atoms with E-state index in [1.807, 2.05) is 61.5 Å². The molecule has 0 aliphatic heterocycles. The fraction of sp³-hybridized carbons (Fsp3) is 0.188. The van der Waals surface area contributed by atoms with Gasteiger partial charge in [0.15, 0.2) is 0 Å². The third-order valence-electron chi connectivity index (χ3n) is 3.13. The lowest BCUT2D eigenvalue weighted by Gasteiger charge is -2.22. The fourth-order valence-electron chi connectivity index (χ4n) is 2.02. The van der Waals surface area contributed by atoms with Crippen LogP contribution in [0.3, 0.4) is 0 Å². The predicted molar refractivity (Wildman–Crippen MR) is 74.6 cm³/mol. The van der Waals surface area contributed by atoms with E-state index in [1.165, 1.54) is 0 Å². The third kappa shape index (κ3) is 2.72. The summed E-state index contributed by atoms with van der Waals surface area (Å²) in [6.07, 6.45) is 0.685. The van der Waals surface area contributed by atoms with Crippen LogP contribution in [0, 0.1) is 11.3 Å². The van der Waals surface area contributed by atoms with Gasteiger partial charge in [-0.25, -0.2) is 0 Å². The van der Waals surface area contributed by atoms with Gasteiger partial charge in [-0.05, 0) is 36.6 Å². The molecule has 2 aromatic carbocycles. The van der Waals surface area contributed by atoms with Crippen LogP contribution in [0.2, 0.25) is 5.02 Å². The molecule has 18 heavy (non-hydrogen) atoms. The fourth-order valence-corrected chi connectivity index (χ4v) is 2.15. The summed E-state index contributed by atoms with van der Waals surface area (Å²) in [6, 6.07) is 20.0. The van der Waals surface area contributed by atoms with Crippen molar-refractivity contribution in [2.45, 2.75) is 18.8 Å². The van der Waals surface area contributed by atoms with Gasteiger partial charge in [0, 0.05) is 5.02 Å². The maximum Gasteiger partial charge on any atom is 0.0834 e. The van der Waals surface area contributed by atoms with E-state index in [4.69, 9.17) is 11.6 Å². The molecule has 0 N–H and O–H groups in total. The van der Waals surface area contributed by atoms with Crippen LogP contribution in [0.25, 0.3) is 0 Å². The molecule has 1 nitrogen and oxygen atoms in total. The molecule has 0 saturated heterocycles. The van der Waals surface area contributed by atoms with Gasteiger partial charge < -0.3 is 0 Å². The van der Waals surface area contributed by atoms with E-state index >= 15 is 0 Å². The van der Waals surface area contributed by atoms with Crippen molar-refractivity contribution in [3.8, 4) is 6.07 Å². The van der Waals surface area contributed by atoms with Gasteiger partial charge in [0.2, 0.25) is 0 Å². The molecular formula is C16H14ClN. The average molecular weight is 256 g/mol. The van der Waals surface area contributed by atoms with Gasteiger partial charge in [0.25, 0.3) is 0 Å². The van der Waals surface area contributed by atoms with Crippen LogP contribution in [-0.4, -0.2) is 0 Å². The molecule has 2 heteroatoms. The van der Waals surface area contributed by atoms with Crippen LogP contribution in [0.4, 0.5) is 0 Å². The van der Waals surface area contributed by atoms with Gasteiger partial charge in [-0.15, -0.1) is 0 Å². The largest absolute Gasteiger partial charge is 0.197 e. The normalized spacial score (nSPS) is 13.6. The summed E-state index contributed by atoms with van der Waals surface area (Å²) >= 11 is 5.87. The van der Waals surface area contributed by atoms with Gasteiger partial charge in [-0.3, -0.25) is 0 Å². The van der Waals surface area contributed by atoms with E-state index in [0.29, 0.717) is 6.42 Å². The highest BCUT2D eigenvalue weighted by Gasteiger charge is 2.26. The first-order valence-electron chi connectivity index (χ1n) is 5.85. The molecular weight excluding hydrogens is 242 g/mol. The van der Waals surface area contributed by atoms with Crippen molar-refractivity contribution in [1.29, 1.82) is 5.26 Å². The molecule has 2 rings (SSSR count). The first-order valence-corrected chi connectivity index (χ1v) is 6.23. The van der Waals surface area contributed by atoms with E-state index in [1.54, 1.807) is 0 Å². The Morgan fingerprint density at radius 3 is 2.22 bits per heavy atom. The molecule has 0 spiro atoms. The standard InChI is InChI=1S/C16H14ClN/c1-16(12-18,14-5-3-2-4-6-14)11-13-7-9-15(17)10-8-13/h2-10H,11H2,1H3. The molecule has 0 aromatic heterocycles. The lowest BCUT2D eigenvalue weighted by Crippen LogP contribution is -2.22. The Morgan fingerprint density at radius 1 is 1.06 bits per heavy atom. The Hall–Kier alpha value is -1.78. The van der Waals surface area contributed by atoms with Crippen molar-refractivity contribution < 1.29 is 0 Å². The molecule has 90 valence electrons. The summed E-state index contributed by atoms with van der Waals surface area (Å²) in [7, 11) is 0. The molecule has 1 unspecified atom stereocenters. The van der Waals surface area contributed by atoms with Gasteiger partial charge in [0.05, 0.1) is 11.5 Å². The van der Waals surface area contributed by atoms with Crippen LogP contribution in [0.5, 0.6) is 0 Å². The summed E-state index contributed by atoms with van der Waals surface area (Å²) in [4.78, 5) is 0. The first-order chi connectivity index (χ1) is 8.64. The molecule has 0 bridgehead atoms. The zero-order valence-corrected chi connectivity index (χ0v) is 11.0. The van der Waals surface area contributed by atoms with Crippen molar-refractivity contribution in [2.24, 2.45) is 0 Å². The highest BCUT2D eigenvalue weighted by Crippen LogP contribution is 2.27. The molecule has 0 radical (unpaired) electrons. The summed E-state index contributed by atoms with van der Waals surface area (Å²) in [6.45, 7) is 1.97. The molecule has 0 saturated carbocycles. The van der Waals surface area contributed by atoms with E-state index in [2.05, 4.69) is 6.07 Å². The molecule has 0 fully saturated rings. The zero-order valence-electron chi connectivity index (χ0n) is 10.2. The van der Waals surface area contributed by atoms with Crippen LogP contribution in [0.1, 0.15) is 18.1 Å². The number of nitrogens with zero attached hydrogens (tertiary/aromatic N) is 1. The molecule has 0 aliphatic carbocycles. The molecule has 0 aliphatic rings. The second kappa shape index (κ2) is 5.25. The number of rotatable bonds is 3. The second-order valence-electron chi connectivity index (χ2n) is 4.61. The maximum absolute atomic E-state index is 9.48. The second-order valence-corrected chi connectivity index (χ2v) is 5.05. The Kier molecular flexibility index (Phi) is 3.69. The van der Waals surface area contributed by atoms with Gasteiger partial charge in [-0.2, -0.15) is 5.26 Å². The summed E-state index contributed by atoms with van der Waals surface area (Å²) in [5.74, 6) is 0. The number of hydrogen-bond donors (Lipinski definition) is 0. The van der Waals surface area contributed by atoms with Crippen LogP contribution >= 0.6 is 11.6 Å². The smallest absolute Gasteiger partial charge is 0.0834 e. The maximum atomic E-state index is 9.48. The minimum Gasteiger partial charge on any atom is -0.197 e. The molecule has 1 atom stereocenters. The lowest BCUT2D eigenvalue weighted by atomic mass is 9.79. The quantitative estimate of drug-likeness (QED) is 0.799. The Labute approximate surface area is 113 Å². The predicted octanol–water partition coefficient (Wildman–Crippen LogP) is 4.36. The van der Waals surface area contributed by atoms with Gasteiger partial charge in [0.1, 0.15) is 0 Å². The Bertz CT molecular complexity index is 554. The van der Waals surface area contributed by atoms with Crippen molar-refractivity contribution in [3.63, 3.8) is 0 Å². The number of nitriles is 1. The van der Waals surface area contributed by atoms with Crippen LogP contribution < -0.4 is 0 Å². The average Bonchev–Trinajstić information content (AvgIpc) is 2.42. The third-order valence-corrected chi connectivity index (χ3v) is 3.38. The minimum absolute atomic E-state index is 0.505. The van der Waals surface area contributed by atoms with Crippen LogP contribution in [-0.2, 0) is 11.8 Å². The van der Waals surface area contributed by atoms with Crippen molar-refractivity contribution in [3.05, 3.63) is 70.7 Å². The first kappa shape index (κ1) is 12.7. The summed E-state index contributed by atoms with van der Waals surface area (Å²) in [5.41, 5.74) is 1.66. The van der Waals surface area contributed by atoms with Gasteiger partial charge >= 0.3 is 0 Å². The summed E-state index contributed by atoms with van der Waals surface area (Å²) < 4.78 is 0. The Morgan fingerprint density at radius 2 is 1.67 bits per heavy atom. The highest BCUT2D eigenvalue weighted by molar-refractivity contribution is 6.30. The van der Waals surface area contributed by atoms with E-state index < -0.39 is 5.41 Å². The number of halogens is 1. The van der Waals surface area contributed by atoms with Crippen molar-refractivity contribution in [2.75, 3.05) is 0 Å². The number of benzene rings is 2. The molecule has 2 aromatic rings. The van der Waals surface area contributed by atoms with Crippen molar-refractivity contribution >= 4 is 11.6 Å². The Balaban J connectivity index is 2.30. The minimum atomic E-state index is -0.505. The number of hydrogen-bond acceptors (Lipinski definition) is 1. The molecule has 0 heterocycles. The van der Waals surface area contributed by atoms with Crippen LogP contribution in [0.15, 0.2) is 54.6 Å². The van der Waals surface area contributed by atoms with Gasteiger partial charge in [-0.1, -0.05) is 54.1 Å². The lowest BCUT2D eigenvalue weighted by molar-refractivity contribution is 0.606. The highest BCUT2D eigenvalue weighted by atomic mass is 35.5. The SMILES string of the molecule is CC(C#N)(Cc1ccc(Cl)cc1)c1ccccc1.